The first-order valence-corrected chi connectivity index (χ1v) is 5.98. The second kappa shape index (κ2) is 3.21. The molecule has 0 aromatic heterocycles. The molecule has 2 rings (SSSR count). The highest BCUT2D eigenvalue weighted by molar-refractivity contribution is 5.31. The van der Waals surface area contributed by atoms with Crippen LogP contribution in [0.15, 0.2) is 24.3 Å². The molecule has 1 nitrogen and oxygen atoms in total. The average Bonchev–Trinajstić information content (AvgIpc) is 2.41. The summed E-state index contributed by atoms with van der Waals surface area (Å²) in [4.78, 5) is 0. The Bertz CT molecular complexity index is 305. The fourth-order valence-electron chi connectivity index (χ4n) is 3.93. The molecule has 1 heteroatoms. The van der Waals surface area contributed by atoms with Gasteiger partial charge >= 0.3 is 0 Å². The zero-order valence-electron chi connectivity index (χ0n) is 10.1. The number of hydrogen-bond acceptors (Lipinski definition) is 1. The molecule has 0 aliphatic heterocycles. The van der Waals surface area contributed by atoms with Gasteiger partial charge in [-0.1, -0.05) is 24.6 Å². The van der Waals surface area contributed by atoms with E-state index in [0.717, 1.165) is 6.42 Å². The Morgan fingerprint density at radius 3 is 2.53 bits per heavy atom. The minimum Gasteiger partial charge on any atom is -0.385 e. The van der Waals surface area contributed by atoms with Crippen LogP contribution in [0.4, 0.5) is 0 Å². The molecule has 2 saturated carbocycles. The van der Waals surface area contributed by atoms with Gasteiger partial charge in [0.15, 0.2) is 0 Å². The molecule has 0 saturated heterocycles. The van der Waals surface area contributed by atoms with Gasteiger partial charge in [-0.05, 0) is 44.9 Å². The highest BCUT2D eigenvalue weighted by Gasteiger charge is 2.66. The zero-order valence-corrected chi connectivity index (χ0v) is 10.1. The lowest BCUT2D eigenvalue weighted by Crippen LogP contribution is -2.61. The van der Waals surface area contributed by atoms with Crippen LogP contribution in [-0.2, 0) is 0 Å². The summed E-state index contributed by atoms with van der Waals surface area (Å²) in [7, 11) is 0. The molecule has 0 aromatic rings. The van der Waals surface area contributed by atoms with Crippen molar-refractivity contribution in [1.29, 1.82) is 0 Å². The van der Waals surface area contributed by atoms with Crippen molar-refractivity contribution in [1.82, 2.24) is 0 Å². The van der Waals surface area contributed by atoms with Crippen molar-refractivity contribution in [3.8, 4) is 0 Å². The maximum atomic E-state index is 10.6. The zero-order chi connectivity index (χ0) is 11.3. The predicted molar refractivity (Wildman–Crippen MR) is 63.5 cm³/mol. The Kier molecular flexibility index (Phi) is 2.34. The maximum absolute atomic E-state index is 10.6. The van der Waals surface area contributed by atoms with Gasteiger partial charge in [-0.2, -0.15) is 0 Å². The van der Waals surface area contributed by atoms with E-state index in [2.05, 4.69) is 33.4 Å². The predicted octanol–water partition coefficient (Wildman–Crippen LogP) is 3.31. The van der Waals surface area contributed by atoms with Gasteiger partial charge in [0.05, 0.1) is 5.60 Å². The second-order valence-electron chi connectivity index (χ2n) is 5.66. The van der Waals surface area contributed by atoms with Crippen molar-refractivity contribution in [3.05, 3.63) is 24.3 Å². The first-order valence-electron chi connectivity index (χ1n) is 5.98. The molecule has 0 aromatic carbocycles. The van der Waals surface area contributed by atoms with E-state index >= 15 is 0 Å². The van der Waals surface area contributed by atoms with Crippen LogP contribution in [0.25, 0.3) is 0 Å². The van der Waals surface area contributed by atoms with E-state index in [1.807, 2.05) is 0 Å². The van der Waals surface area contributed by atoms with Gasteiger partial charge in [-0.25, -0.2) is 0 Å². The molecule has 0 amide bonds. The van der Waals surface area contributed by atoms with E-state index in [0.29, 0.717) is 11.8 Å². The summed E-state index contributed by atoms with van der Waals surface area (Å²) < 4.78 is 0. The molecule has 2 aliphatic rings. The number of hydrogen-bond donors (Lipinski definition) is 1. The van der Waals surface area contributed by atoms with E-state index in [4.69, 9.17) is 0 Å². The summed E-state index contributed by atoms with van der Waals surface area (Å²) in [6, 6.07) is 0. The van der Waals surface area contributed by atoms with Crippen molar-refractivity contribution in [3.63, 3.8) is 0 Å². The molecule has 1 unspecified atom stereocenters. The van der Waals surface area contributed by atoms with Crippen LogP contribution in [0.1, 0.15) is 40.0 Å². The molecular formula is C14H22O. The van der Waals surface area contributed by atoms with Gasteiger partial charge < -0.3 is 5.11 Å². The van der Waals surface area contributed by atoms with Gasteiger partial charge in [0, 0.05) is 5.41 Å². The summed E-state index contributed by atoms with van der Waals surface area (Å²) in [5, 5.41) is 10.6. The SMILES string of the molecule is C=CC1(O)C[C@@H]2CC[C@H](C)[C@@]21C=C(C)C. The van der Waals surface area contributed by atoms with E-state index in [1.54, 1.807) is 6.08 Å². The van der Waals surface area contributed by atoms with Gasteiger partial charge in [-0.3, -0.25) is 0 Å². The normalized spacial score (nSPS) is 48.0. The van der Waals surface area contributed by atoms with Gasteiger partial charge in [0.1, 0.15) is 0 Å². The number of rotatable bonds is 2. The minimum atomic E-state index is -0.648. The van der Waals surface area contributed by atoms with Crippen molar-refractivity contribution in [2.45, 2.75) is 45.6 Å². The quantitative estimate of drug-likeness (QED) is 0.687. The highest BCUT2D eigenvalue weighted by Crippen LogP contribution is 2.67. The lowest BCUT2D eigenvalue weighted by atomic mass is 9.48. The monoisotopic (exact) mass is 206 g/mol. The first kappa shape index (κ1) is 10.9. The molecule has 4 atom stereocenters. The minimum absolute atomic E-state index is 0.00637. The molecule has 15 heavy (non-hydrogen) atoms. The Balaban J connectivity index is 2.44. The van der Waals surface area contributed by atoms with Crippen LogP contribution >= 0.6 is 0 Å². The highest BCUT2D eigenvalue weighted by atomic mass is 16.3. The summed E-state index contributed by atoms with van der Waals surface area (Å²) >= 11 is 0. The van der Waals surface area contributed by atoms with Crippen LogP contribution in [-0.4, -0.2) is 10.7 Å². The van der Waals surface area contributed by atoms with Gasteiger partial charge in [-0.15, -0.1) is 6.58 Å². The molecule has 2 fully saturated rings. The fraction of sp³-hybridized carbons (Fsp3) is 0.714. The molecular weight excluding hydrogens is 184 g/mol. The lowest BCUT2D eigenvalue weighted by Gasteiger charge is -2.59. The molecule has 84 valence electrons. The summed E-state index contributed by atoms with van der Waals surface area (Å²) in [5.74, 6) is 1.25. The number of allylic oxidation sites excluding steroid dienone is 1. The van der Waals surface area contributed by atoms with Crippen molar-refractivity contribution in [2.75, 3.05) is 0 Å². The maximum Gasteiger partial charge on any atom is 0.0923 e. The summed E-state index contributed by atoms with van der Waals surface area (Å²) in [6.07, 6.45) is 7.49. The molecule has 0 radical (unpaired) electrons. The smallest absolute Gasteiger partial charge is 0.0923 e. The third kappa shape index (κ3) is 1.19. The van der Waals surface area contributed by atoms with Crippen LogP contribution in [0.5, 0.6) is 0 Å². The van der Waals surface area contributed by atoms with Gasteiger partial charge in [0.2, 0.25) is 0 Å². The summed E-state index contributed by atoms with van der Waals surface area (Å²) in [6.45, 7) is 10.3. The second-order valence-corrected chi connectivity index (χ2v) is 5.66. The fourth-order valence-corrected chi connectivity index (χ4v) is 3.93. The molecule has 0 heterocycles. The molecule has 2 aliphatic carbocycles. The Labute approximate surface area is 92.9 Å². The van der Waals surface area contributed by atoms with Crippen LogP contribution < -0.4 is 0 Å². The van der Waals surface area contributed by atoms with Crippen LogP contribution in [0.2, 0.25) is 0 Å². The van der Waals surface area contributed by atoms with E-state index in [1.165, 1.54) is 18.4 Å². The third-order valence-electron chi connectivity index (χ3n) is 4.61. The number of fused-ring (bicyclic) bond motifs is 1. The number of aliphatic hydroxyl groups is 1. The van der Waals surface area contributed by atoms with Crippen LogP contribution in [0, 0.1) is 17.3 Å². The Morgan fingerprint density at radius 2 is 2.07 bits per heavy atom. The Hall–Kier alpha value is -0.560. The largest absolute Gasteiger partial charge is 0.385 e. The molecule has 0 spiro atoms. The van der Waals surface area contributed by atoms with Gasteiger partial charge in [0.25, 0.3) is 0 Å². The van der Waals surface area contributed by atoms with Crippen molar-refractivity contribution in [2.24, 2.45) is 17.3 Å². The lowest BCUT2D eigenvalue weighted by molar-refractivity contribution is -0.153. The Morgan fingerprint density at radius 1 is 1.40 bits per heavy atom. The molecule has 1 N–H and O–H groups in total. The van der Waals surface area contributed by atoms with E-state index in [9.17, 15) is 5.11 Å². The first-order chi connectivity index (χ1) is 6.96. The summed E-state index contributed by atoms with van der Waals surface area (Å²) in [5.41, 5.74) is 0.659. The van der Waals surface area contributed by atoms with E-state index < -0.39 is 5.60 Å². The molecule has 0 bridgehead atoms. The van der Waals surface area contributed by atoms with Crippen LogP contribution in [0.3, 0.4) is 0 Å². The topological polar surface area (TPSA) is 20.2 Å². The van der Waals surface area contributed by atoms with Crippen molar-refractivity contribution < 1.29 is 5.11 Å². The third-order valence-corrected chi connectivity index (χ3v) is 4.61. The average molecular weight is 206 g/mol. The standard InChI is InChI=1S/C14H22O/c1-5-13(15)9-12-7-6-11(4)14(12,13)8-10(2)3/h5,8,11-12,15H,1,6-7,9H2,2-4H3/t11-,12-,13?,14-/m0/s1. The van der Waals surface area contributed by atoms with Crippen molar-refractivity contribution >= 4 is 0 Å². The van der Waals surface area contributed by atoms with E-state index in [-0.39, 0.29) is 5.41 Å².